The van der Waals surface area contributed by atoms with Crippen molar-refractivity contribution in [3.63, 3.8) is 0 Å². The first-order valence-electron chi connectivity index (χ1n) is 8.17. The molecule has 0 bridgehead atoms. The van der Waals surface area contributed by atoms with Gasteiger partial charge in [-0.15, -0.1) is 0 Å². The average Bonchev–Trinajstić information content (AvgIpc) is 2.68. The predicted octanol–water partition coefficient (Wildman–Crippen LogP) is 7.40. The lowest BCUT2D eigenvalue weighted by atomic mass is 9.92. The molecule has 7 heteroatoms. The van der Waals surface area contributed by atoms with Gasteiger partial charge in [-0.05, 0) is 35.4 Å². The number of rotatable bonds is 5. The highest BCUT2D eigenvalue weighted by Gasteiger charge is 2.21. The number of nitriles is 1. The van der Waals surface area contributed by atoms with Crippen LogP contribution in [0.4, 0.5) is 5.69 Å². The van der Waals surface area contributed by atoms with Gasteiger partial charge in [0.1, 0.15) is 0 Å². The first-order chi connectivity index (χ1) is 13.5. The summed E-state index contributed by atoms with van der Waals surface area (Å²) in [6, 6.07) is 20.2. The fourth-order valence-corrected chi connectivity index (χ4v) is 3.65. The van der Waals surface area contributed by atoms with Crippen molar-refractivity contribution >= 4 is 58.3 Å². The minimum absolute atomic E-state index is 0.350. The summed E-state index contributed by atoms with van der Waals surface area (Å²) < 4.78 is 0. The number of hydrazone groups is 1. The Morgan fingerprint density at radius 2 is 1.54 bits per heavy atom. The van der Waals surface area contributed by atoms with Crippen molar-refractivity contribution in [1.29, 1.82) is 5.26 Å². The zero-order valence-electron chi connectivity index (χ0n) is 14.3. The van der Waals surface area contributed by atoms with Gasteiger partial charge >= 0.3 is 0 Å². The van der Waals surface area contributed by atoms with Crippen LogP contribution in [0.25, 0.3) is 0 Å². The number of hydrogen-bond acceptors (Lipinski definition) is 3. The Balaban J connectivity index is 1.87. The molecular weight excluding hydrogens is 436 g/mol. The molecule has 0 saturated heterocycles. The summed E-state index contributed by atoms with van der Waals surface area (Å²) in [7, 11) is 0. The number of nitrogens with one attached hydrogen (secondary N) is 1. The predicted molar refractivity (Wildman–Crippen MR) is 118 cm³/mol. The van der Waals surface area contributed by atoms with Gasteiger partial charge in [-0.25, -0.2) is 0 Å². The van der Waals surface area contributed by atoms with Crippen LogP contribution in [0.5, 0.6) is 0 Å². The van der Waals surface area contributed by atoms with Crippen LogP contribution in [0.3, 0.4) is 0 Å². The van der Waals surface area contributed by atoms with Gasteiger partial charge in [0, 0.05) is 15.6 Å². The van der Waals surface area contributed by atoms with Crippen LogP contribution in [0.2, 0.25) is 20.1 Å². The molecule has 0 radical (unpaired) electrons. The molecule has 0 aliphatic carbocycles. The fourth-order valence-electron chi connectivity index (χ4n) is 2.64. The monoisotopic (exact) mass is 447 g/mol. The average molecular weight is 449 g/mol. The molecule has 3 nitrogen and oxygen atoms in total. The van der Waals surface area contributed by atoms with Gasteiger partial charge in [0.05, 0.1) is 33.9 Å². The number of hydrogen-bond donors (Lipinski definition) is 1. The molecule has 0 saturated carbocycles. The van der Waals surface area contributed by atoms with Crippen LogP contribution in [0.1, 0.15) is 22.6 Å². The topological polar surface area (TPSA) is 48.2 Å². The molecule has 1 N–H and O–H groups in total. The Labute approximate surface area is 183 Å². The van der Waals surface area contributed by atoms with E-state index in [-0.39, 0.29) is 0 Å². The molecule has 0 heterocycles. The van der Waals surface area contributed by atoms with E-state index in [2.05, 4.69) is 16.6 Å². The molecule has 1 atom stereocenters. The second kappa shape index (κ2) is 9.32. The first-order valence-corrected chi connectivity index (χ1v) is 9.68. The lowest BCUT2D eigenvalue weighted by Gasteiger charge is -2.15. The minimum Gasteiger partial charge on any atom is -0.278 e. The smallest absolute Gasteiger partial charge is 0.0992 e. The highest BCUT2D eigenvalue weighted by molar-refractivity contribution is 6.42. The molecule has 140 valence electrons. The maximum Gasteiger partial charge on any atom is 0.0992 e. The van der Waals surface area contributed by atoms with E-state index in [9.17, 15) is 5.26 Å². The van der Waals surface area contributed by atoms with E-state index in [4.69, 9.17) is 46.4 Å². The van der Waals surface area contributed by atoms with E-state index < -0.39 is 5.92 Å². The third-order valence-corrected chi connectivity index (χ3v) is 5.35. The second-order valence-electron chi connectivity index (χ2n) is 5.87. The lowest BCUT2D eigenvalue weighted by molar-refractivity contribution is 1.04. The molecule has 0 aromatic heterocycles. The summed E-state index contributed by atoms with van der Waals surface area (Å²) in [6.07, 6.45) is 1.68. The van der Waals surface area contributed by atoms with Gasteiger partial charge in [0.25, 0.3) is 0 Å². The number of nitrogens with zero attached hydrogens (tertiary/aromatic N) is 2. The Morgan fingerprint density at radius 3 is 2.14 bits per heavy atom. The number of benzene rings is 3. The van der Waals surface area contributed by atoms with Gasteiger partial charge in [0.15, 0.2) is 0 Å². The maximum atomic E-state index is 9.70. The van der Waals surface area contributed by atoms with Crippen molar-refractivity contribution in [3.8, 4) is 6.07 Å². The Bertz CT molecular complexity index is 1040. The van der Waals surface area contributed by atoms with E-state index in [0.717, 1.165) is 5.56 Å². The normalized spacial score (nSPS) is 12.0. The van der Waals surface area contributed by atoms with E-state index in [1.165, 1.54) is 0 Å². The summed E-state index contributed by atoms with van der Waals surface area (Å²) in [5, 5.41) is 15.3. The van der Waals surface area contributed by atoms with E-state index in [0.29, 0.717) is 36.9 Å². The largest absolute Gasteiger partial charge is 0.278 e. The van der Waals surface area contributed by atoms with Crippen LogP contribution in [0.15, 0.2) is 65.8 Å². The van der Waals surface area contributed by atoms with Gasteiger partial charge in [-0.3, -0.25) is 5.43 Å². The van der Waals surface area contributed by atoms with Crippen LogP contribution in [-0.4, -0.2) is 6.21 Å². The summed E-state index contributed by atoms with van der Waals surface area (Å²) >= 11 is 24.9. The molecular formula is C21H13Cl4N3. The Kier molecular flexibility index (Phi) is 6.83. The molecule has 3 aromatic rings. The lowest BCUT2D eigenvalue weighted by Crippen LogP contribution is -2.02. The molecule has 0 aliphatic rings. The standard InChI is InChI=1S/C21H13Cl4N3/c22-17-7-6-14(8-18(17)23)16(11-26)21-19(24)9-15(10-20(21)25)28-27-12-13-4-2-1-3-5-13/h1-10,12,16,28H. The summed E-state index contributed by atoms with van der Waals surface area (Å²) in [5.41, 5.74) is 5.61. The molecule has 3 rings (SSSR count). The third-order valence-electron chi connectivity index (χ3n) is 3.98. The zero-order valence-corrected chi connectivity index (χ0v) is 17.4. The van der Waals surface area contributed by atoms with E-state index in [1.54, 1.807) is 36.5 Å². The molecule has 0 spiro atoms. The van der Waals surface area contributed by atoms with Crippen molar-refractivity contribution in [1.82, 2.24) is 0 Å². The van der Waals surface area contributed by atoms with Crippen molar-refractivity contribution in [2.45, 2.75) is 5.92 Å². The second-order valence-corrected chi connectivity index (χ2v) is 7.50. The molecule has 28 heavy (non-hydrogen) atoms. The van der Waals surface area contributed by atoms with Crippen LogP contribution in [-0.2, 0) is 0 Å². The highest BCUT2D eigenvalue weighted by Crippen LogP contribution is 2.39. The van der Waals surface area contributed by atoms with Gasteiger partial charge in [0.2, 0.25) is 0 Å². The number of halogens is 4. The Hall–Kier alpha value is -2.22. The SMILES string of the molecule is N#CC(c1ccc(Cl)c(Cl)c1)c1c(Cl)cc(NN=Cc2ccccc2)cc1Cl. The van der Waals surface area contributed by atoms with Crippen LogP contribution < -0.4 is 5.43 Å². The molecule has 1 unspecified atom stereocenters. The zero-order chi connectivity index (χ0) is 20.1. The van der Waals surface area contributed by atoms with Crippen molar-refractivity contribution in [3.05, 3.63) is 97.4 Å². The quantitative estimate of drug-likeness (QED) is 0.326. The molecule has 0 aliphatic heterocycles. The Morgan fingerprint density at radius 1 is 0.857 bits per heavy atom. The summed E-state index contributed by atoms with van der Waals surface area (Å²) in [6.45, 7) is 0. The van der Waals surface area contributed by atoms with Crippen LogP contribution in [0, 0.1) is 11.3 Å². The molecule has 3 aromatic carbocycles. The molecule has 0 amide bonds. The van der Waals surface area contributed by atoms with Crippen LogP contribution >= 0.6 is 46.4 Å². The van der Waals surface area contributed by atoms with Crippen molar-refractivity contribution in [2.24, 2.45) is 5.10 Å². The van der Waals surface area contributed by atoms with E-state index >= 15 is 0 Å². The maximum absolute atomic E-state index is 9.70. The number of anilines is 1. The minimum atomic E-state index is -0.684. The summed E-state index contributed by atoms with van der Waals surface area (Å²) in [5.74, 6) is -0.684. The van der Waals surface area contributed by atoms with Crippen molar-refractivity contribution < 1.29 is 0 Å². The van der Waals surface area contributed by atoms with Gasteiger partial charge in [-0.1, -0.05) is 82.8 Å². The first kappa shape index (κ1) is 20.5. The highest BCUT2D eigenvalue weighted by atomic mass is 35.5. The van der Waals surface area contributed by atoms with Gasteiger partial charge < -0.3 is 0 Å². The van der Waals surface area contributed by atoms with E-state index in [1.807, 2.05) is 30.3 Å². The third kappa shape index (κ3) is 4.79. The molecule has 0 fully saturated rings. The van der Waals surface area contributed by atoms with Crippen molar-refractivity contribution in [2.75, 3.05) is 5.43 Å². The fraction of sp³-hybridized carbons (Fsp3) is 0.0476. The van der Waals surface area contributed by atoms with Gasteiger partial charge in [-0.2, -0.15) is 10.4 Å². The summed E-state index contributed by atoms with van der Waals surface area (Å²) in [4.78, 5) is 0.